The average molecular weight is 443 g/mol. The van der Waals surface area contributed by atoms with Crippen molar-refractivity contribution in [3.05, 3.63) is 76.2 Å². The van der Waals surface area contributed by atoms with Crippen LogP contribution in [0.3, 0.4) is 0 Å². The smallest absolute Gasteiger partial charge is 0.257 e. The summed E-state index contributed by atoms with van der Waals surface area (Å²) in [6, 6.07) is 13.5. The molecule has 0 saturated heterocycles. The van der Waals surface area contributed by atoms with E-state index in [1.54, 1.807) is 17.0 Å². The fourth-order valence-electron chi connectivity index (χ4n) is 3.59. The zero-order valence-electron chi connectivity index (χ0n) is 18.6. The SMILES string of the molecule is CC[C@H](C)N(Cc1c(C)nn(-c2cccc(Cl)c2)c1N(C)C)C(=O)c1ccccc1F. The van der Waals surface area contributed by atoms with Crippen LogP contribution in [0.4, 0.5) is 10.2 Å². The van der Waals surface area contributed by atoms with Crippen molar-refractivity contribution in [1.82, 2.24) is 14.7 Å². The molecule has 7 heteroatoms. The van der Waals surface area contributed by atoms with E-state index in [9.17, 15) is 9.18 Å². The molecule has 3 aromatic rings. The van der Waals surface area contributed by atoms with Crippen LogP contribution in [0, 0.1) is 12.7 Å². The highest BCUT2D eigenvalue weighted by molar-refractivity contribution is 6.30. The maximum atomic E-state index is 14.4. The molecule has 0 saturated carbocycles. The molecule has 0 spiro atoms. The van der Waals surface area contributed by atoms with Crippen LogP contribution in [0.25, 0.3) is 5.69 Å². The van der Waals surface area contributed by atoms with E-state index in [2.05, 4.69) is 0 Å². The van der Waals surface area contributed by atoms with Gasteiger partial charge in [-0.25, -0.2) is 9.07 Å². The van der Waals surface area contributed by atoms with Crippen LogP contribution in [0.1, 0.15) is 41.9 Å². The highest BCUT2D eigenvalue weighted by Crippen LogP contribution is 2.29. The van der Waals surface area contributed by atoms with Gasteiger partial charge in [-0.2, -0.15) is 5.10 Å². The molecule has 164 valence electrons. The Kier molecular flexibility index (Phi) is 7.01. The van der Waals surface area contributed by atoms with Gasteiger partial charge in [-0.3, -0.25) is 4.79 Å². The number of aryl methyl sites for hydroxylation is 1. The fourth-order valence-corrected chi connectivity index (χ4v) is 3.77. The monoisotopic (exact) mass is 442 g/mol. The number of rotatable bonds is 7. The average Bonchev–Trinajstić information content (AvgIpc) is 3.07. The summed E-state index contributed by atoms with van der Waals surface area (Å²) in [5.41, 5.74) is 2.63. The van der Waals surface area contributed by atoms with E-state index >= 15 is 0 Å². The van der Waals surface area contributed by atoms with E-state index in [0.29, 0.717) is 11.6 Å². The third-order valence-electron chi connectivity index (χ3n) is 5.45. The third-order valence-corrected chi connectivity index (χ3v) is 5.69. The molecular weight excluding hydrogens is 415 g/mol. The van der Waals surface area contributed by atoms with Crippen LogP contribution in [-0.2, 0) is 6.54 Å². The minimum Gasteiger partial charge on any atom is -0.362 e. The second kappa shape index (κ2) is 9.52. The van der Waals surface area contributed by atoms with Gasteiger partial charge in [0.1, 0.15) is 11.6 Å². The van der Waals surface area contributed by atoms with Gasteiger partial charge >= 0.3 is 0 Å². The van der Waals surface area contributed by atoms with Crippen molar-refractivity contribution in [2.24, 2.45) is 0 Å². The number of benzene rings is 2. The zero-order valence-corrected chi connectivity index (χ0v) is 19.3. The lowest BCUT2D eigenvalue weighted by atomic mass is 10.1. The van der Waals surface area contributed by atoms with Crippen molar-refractivity contribution in [3.63, 3.8) is 0 Å². The largest absolute Gasteiger partial charge is 0.362 e. The van der Waals surface area contributed by atoms with Gasteiger partial charge in [0.2, 0.25) is 0 Å². The first-order valence-corrected chi connectivity index (χ1v) is 10.7. The van der Waals surface area contributed by atoms with Gasteiger partial charge < -0.3 is 9.80 Å². The Labute approximate surface area is 188 Å². The normalized spacial score (nSPS) is 12.0. The van der Waals surface area contributed by atoms with E-state index in [1.165, 1.54) is 12.1 Å². The lowest BCUT2D eigenvalue weighted by Gasteiger charge is -2.30. The van der Waals surface area contributed by atoms with Crippen LogP contribution in [0.2, 0.25) is 5.02 Å². The predicted octanol–water partition coefficient (Wildman–Crippen LogP) is 5.48. The number of aromatic nitrogens is 2. The molecule has 1 atom stereocenters. The minimum atomic E-state index is -0.514. The van der Waals surface area contributed by atoms with Crippen molar-refractivity contribution in [2.75, 3.05) is 19.0 Å². The molecule has 5 nitrogen and oxygen atoms in total. The second-order valence-corrected chi connectivity index (χ2v) is 8.28. The first kappa shape index (κ1) is 22.8. The van der Waals surface area contributed by atoms with E-state index in [-0.39, 0.29) is 17.5 Å². The molecule has 1 aromatic heterocycles. The van der Waals surface area contributed by atoms with Crippen LogP contribution >= 0.6 is 11.6 Å². The highest BCUT2D eigenvalue weighted by atomic mass is 35.5. The molecule has 3 rings (SSSR count). The number of carbonyl (C=O) groups is 1. The lowest BCUT2D eigenvalue weighted by molar-refractivity contribution is 0.0667. The predicted molar refractivity (Wildman–Crippen MR) is 124 cm³/mol. The number of halogens is 2. The van der Waals surface area contributed by atoms with Gasteiger partial charge in [-0.1, -0.05) is 36.7 Å². The van der Waals surface area contributed by atoms with Crippen LogP contribution in [-0.4, -0.2) is 40.7 Å². The Balaban J connectivity index is 2.08. The maximum absolute atomic E-state index is 14.4. The maximum Gasteiger partial charge on any atom is 0.257 e. The molecule has 31 heavy (non-hydrogen) atoms. The van der Waals surface area contributed by atoms with E-state index in [4.69, 9.17) is 16.7 Å². The first-order valence-electron chi connectivity index (χ1n) is 10.3. The molecule has 0 aliphatic carbocycles. The molecule has 0 N–H and O–H groups in total. The Bertz CT molecular complexity index is 1080. The molecule has 0 fully saturated rings. The second-order valence-electron chi connectivity index (χ2n) is 7.84. The molecular formula is C24H28ClFN4O. The fraction of sp³-hybridized carbons (Fsp3) is 0.333. The summed E-state index contributed by atoms with van der Waals surface area (Å²) < 4.78 is 16.2. The molecule has 0 aliphatic rings. The standard InChI is InChI=1S/C24H28ClFN4O/c1-6-16(2)29(24(31)20-12-7-8-13-22(20)26)15-21-17(3)27-30(23(21)28(4)5)19-11-9-10-18(25)14-19/h7-14,16H,6,15H2,1-5H3/t16-/m0/s1. The molecule has 0 radical (unpaired) electrons. The highest BCUT2D eigenvalue weighted by Gasteiger charge is 2.27. The summed E-state index contributed by atoms with van der Waals surface area (Å²) in [6.07, 6.45) is 0.749. The summed E-state index contributed by atoms with van der Waals surface area (Å²) in [5.74, 6) is 0.0152. The van der Waals surface area contributed by atoms with Crippen molar-refractivity contribution in [1.29, 1.82) is 0 Å². The Morgan fingerprint density at radius 1 is 1.19 bits per heavy atom. The summed E-state index contributed by atoms with van der Waals surface area (Å²) in [4.78, 5) is 17.0. The van der Waals surface area contributed by atoms with Crippen LogP contribution in [0.5, 0.6) is 0 Å². The zero-order chi connectivity index (χ0) is 22.7. The van der Waals surface area contributed by atoms with Crippen molar-refractivity contribution in [3.8, 4) is 5.69 Å². The van der Waals surface area contributed by atoms with E-state index in [0.717, 1.165) is 29.2 Å². The number of anilines is 1. The Hall–Kier alpha value is -2.86. The first-order chi connectivity index (χ1) is 14.7. The topological polar surface area (TPSA) is 41.4 Å². The summed E-state index contributed by atoms with van der Waals surface area (Å²) in [5, 5.41) is 5.35. The lowest BCUT2D eigenvalue weighted by Crippen LogP contribution is -2.38. The van der Waals surface area contributed by atoms with Gasteiger partial charge in [0, 0.05) is 30.7 Å². The van der Waals surface area contributed by atoms with Gasteiger partial charge in [0.15, 0.2) is 0 Å². The third kappa shape index (κ3) is 4.74. The van der Waals surface area contributed by atoms with Gasteiger partial charge in [-0.15, -0.1) is 0 Å². The number of amides is 1. The van der Waals surface area contributed by atoms with Crippen molar-refractivity contribution in [2.45, 2.75) is 39.8 Å². The van der Waals surface area contributed by atoms with Crippen LogP contribution in [0.15, 0.2) is 48.5 Å². The van der Waals surface area contributed by atoms with Gasteiger partial charge in [0.25, 0.3) is 5.91 Å². The Morgan fingerprint density at radius 3 is 2.52 bits per heavy atom. The molecule has 1 heterocycles. The molecule has 0 bridgehead atoms. The van der Waals surface area contributed by atoms with Crippen molar-refractivity contribution >= 4 is 23.3 Å². The summed E-state index contributed by atoms with van der Waals surface area (Å²) in [7, 11) is 3.88. The molecule has 1 amide bonds. The summed E-state index contributed by atoms with van der Waals surface area (Å²) >= 11 is 6.20. The number of hydrogen-bond acceptors (Lipinski definition) is 3. The molecule has 0 unspecified atom stereocenters. The molecule has 0 aliphatic heterocycles. The van der Waals surface area contributed by atoms with Gasteiger partial charge in [0.05, 0.1) is 23.5 Å². The number of carbonyl (C=O) groups excluding carboxylic acids is 1. The van der Waals surface area contributed by atoms with E-state index < -0.39 is 5.82 Å². The van der Waals surface area contributed by atoms with Crippen LogP contribution < -0.4 is 4.90 Å². The van der Waals surface area contributed by atoms with E-state index in [1.807, 2.05) is 68.7 Å². The minimum absolute atomic E-state index is 0.0731. The quantitative estimate of drug-likeness (QED) is 0.486. The van der Waals surface area contributed by atoms with Crippen molar-refractivity contribution < 1.29 is 9.18 Å². The number of hydrogen-bond donors (Lipinski definition) is 0. The number of nitrogens with zero attached hydrogens (tertiary/aromatic N) is 4. The molecule has 2 aromatic carbocycles. The summed E-state index contributed by atoms with van der Waals surface area (Å²) in [6.45, 7) is 6.24. The Morgan fingerprint density at radius 2 is 1.90 bits per heavy atom. The van der Waals surface area contributed by atoms with Gasteiger partial charge in [-0.05, 0) is 50.6 Å².